The van der Waals surface area contributed by atoms with Gasteiger partial charge in [-0.2, -0.15) is 0 Å². The molecule has 2 fully saturated rings. The number of carbonyl (C=O) groups excluding carboxylic acids is 1. The highest BCUT2D eigenvalue weighted by Gasteiger charge is 2.29. The van der Waals surface area contributed by atoms with Crippen molar-refractivity contribution in [2.24, 2.45) is 11.8 Å². The Morgan fingerprint density at radius 1 is 1.10 bits per heavy atom. The zero-order valence-electron chi connectivity index (χ0n) is 13.6. The zero-order valence-corrected chi connectivity index (χ0v) is 14.5. The average Bonchev–Trinajstić information content (AvgIpc) is 2.53. The van der Waals surface area contributed by atoms with Gasteiger partial charge in [-0.1, -0.05) is 13.8 Å². The van der Waals surface area contributed by atoms with E-state index in [-0.39, 0.29) is 18.3 Å². The maximum atomic E-state index is 12.5. The lowest BCUT2D eigenvalue weighted by atomic mass is 9.92. The minimum atomic E-state index is 0. The number of nitrogens with zero attached hydrogens (tertiary/aromatic N) is 2. The molecule has 2 rings (SSSR count). The van der Waals surface area contributed by atoms with Crippen molar-refractivity contribution in [1.82, 2.24) is 15.1 Å². The summed E-state index contributed by atoms with van der Waals surface area (Å²) in [4.78, 5) is 17.1. The van der Waals surface area contributed by atoms with Crippen molar-refractivity contribution in [3.05, 3.63) is 0 Å². The standard InChI is InChI=1S/C16H31N3O.ClH/c1-3-18(4-2)13-14-7-11-19(12-8-14)16(20)15-5-9-17-10-6-15;/h14-15,17H,3-13H2,1-2H3;1H. The molecule has 2 saturated heterocycles. The molecule has 124 valence electrons. The van der Waals surface area contributed by atoms with Crippen LogP contribution >= 0.6 is 12.4 Å². The smallest absolute Gasteiger partial charge is 0.225 e. The number of amides is 1. The van der Waals surface area contributed by atoms with Gasteiger partial charge in [0.05, 0.1) is 0 Å². The molecule has 0 atom stereocenters. The minimum absolute atomic E-state index is 0. The van der Waals surface area contributed by atoms with Crippen molar-refractivity contribution in [2.75, 3.05) is 45.8 Å². The molecule has 0 bridgehead atoms. The fraction of sp³-hybridized carbons (Fsp3) is 0.938. The molecule has 0 radical (unpaired) electrons. The summed E-state index contributed by atoms with van der Waals surface area (Å²) in [6, 6.07) is 0. The third-order valence-corrected chi connectivity index (χ3v) is 5.03. The molecule has 5 heteroatoms. The Morgan fingerprint density at radius 3 is 2.19 bits per heavy atom. The van der Waals surface area contributed by atoms with Gasteiger partial charge < -0.3 is 15.1 Å². The zero-order chi connectivity index (χ0) is 14.4. The Bertz CT molecular complexity index is 296. The van der Waals surface area contributed by atoms with Gasteiger partial charge >= 0.3 is 0 Å². The van der Waals surface area contributed by atoms with Gasteiger partial charge in [-0.05, 0) is 57.8 Å². The van der Waals surface area contributed by atoms with Gasteiger partial charge in [-0.15, -0.1) is 12.4 Å². The molecule has 0 unspecified atom stereocenters. The minimum Gasteiger partial charge on any atom is -0.342 e. The number of rotatable bonds is 5. The van der Waals surface area contributed by atoms with Crippen LogP contribution in [-0.4, -0.2) is 61.5 Å². The van der Waals surface area contributed by atoms with Gasteiger partial charge in [0.1, 0.15) is 0 Å². The Hall–Kier alpha value is -0.320. The van der Waals surface area contributed by atoms with E-state index in [1.54, 1.807) is 0 Å². The molecule has 0 spiro atoms. The first kappa shape index (κ1) is 18.7. The number of carbonyl (C=O) groups is 1. The van der Waals surface area contributed by atoms with Crippen LogP contribution in [0.2, 0.25) is 0 Å². The van der Waals surface area contributed by atoms with Gasteiger partial charge in [0, 0.05) is 25.6 Å². The van der Waals surface area contributed by atoms with Gasteiger partial charge in [-0.3, -0.25) is 4.79 Å². The van der Waals surface area contributed by atoms with E-state index in [0.717, 1.165) is 58.0 Å². The van der Waals surface area contributed by atoms with Crippen molar-refractivity contribution < 1.29 is 4.79 Å². The molecule has 2 heterocycles. The molecular formula is C16H32ClN3O. The maximum Gasteiger partial charge on any atom is 0.225 e. The predicted octanol–water partition coefficient (Wildman–Crippen LogP) is 1.99. The number of hydrogen-bond donors (Lipinski definition) is 1. The van der Waals surface area contributed by atoms with Gasteiger partial charge in [0.2, 0.25) is 5.91 Å². The molecule has 2 aliphatic rings. The van der Waals surface area contributed by atoms with Crippen LogP contribution in [0.1, 0.15) is 39.5 Å². The van der Waals surface area contributed by atoms with Crippen LogP contribution in [0.4, 0.5) is 0 Å². The Labute approximate surface area is 136 Å². The molecule has 2 aliphatic heterocycles. The van der Waals surface area contributed by atoms with Gasteiger partial charge in [-0.25, -0.2) is 0 Å². The van der Waals surface area contributed by atoms with Crippen molar-refractivity contribution >= 4 is 18.3 Å². The second-order valence-electron chi connectivity index (χ2n) is 6.28. The quantitative estimate of drug-likeness (QED) is 0.842. The van der Waals surface area contributed by atoms with Crippen molar-refractivity contribution in [1.29, 1.82) is 0 Å². The highest BCUT2D eigenvalue weighted by Crippen LogP contribution is 2.22. The van der Waals surface area contributed by atoms with E-state index in [1.807, 2.05) is 0 Å². The topological polar surface area (TPSA) is 35.6 Å². The van der Waals surface area contributed by atoms with E-state index < -0.39 is 0 Å². The number of nitrogens with one attached hydrogen (secondary N) is 1. The summed E-state index contributed by atoms with van der Waals surface area (Å²) in [5.74, 6) is 1.50. The lowest BCUT2D eigenvalue weighted by molar-refractivity contribution is -0.137. The first-order valence-corrected chi connectivity index (χ1v) is 8.46. The monoisotopic (exact) mass is 317 g/mol. The van der Waals surface area contributed by atoms with Crippen LogP contribution in [0.15, 0.2) is 0 Å². The second-order valence-corrected chi connectivity index (χ2v) is 6.28. The highest BCUT2D eigenvalue weighted by atomic mass is 35.5. The van der Waals surface area contributed by atoms with Gasteiger partial charge in [0.15, 0.2) is 0 Å². The van der Waals surface area contributed by atoms with Crippen LogP contribution in [0.3, 0.4) is 0 Å². The first-order valence-electron chi connectivity index (χ1n) is 8.46. The Morgan fingerprint density at radius 2 is 1.67 bits per heavy atom. The van der Waals surface area contributed by atoms with Gasteiger partial charge in [0.25, 0.3) is 0 Å². The van der Waals surface area contributed by atoms with Crippen LogP contribution < -0.4 is 5.32 Å². The molecule has 1 amide bonds. The highest BCUT2D eigenvalue weighted by molar-refractivity contribution is 5.85. The average molecular weight is 318 g/mol. The van der Waals surface area contributed by atoms with E-state index in [2.05, 4.69) is 29.0 Å². The van der Waals surface area contributed by atoms with E-state index >= 15 is 0 Å². The SMILES string of the molecule is CCN(CC)CC1CCN(C(=O)C2CCNCC2)CC1.Cl. The lowest BCUT2D eigenvalue weighted by Crippen LogP contribution is -2.46. The van der Waals surface area contributed by atoms with E-state index in [4.69, 9.17) is 0 Å². The normalized spacial score (nSPS) is 21.4. The van der Waals surface area contributed by atoms with E-state index in [0.29, 0.717) is 5.91 Å². The van der Waals surface area contributed by atoms with Crippen LogP contribution in [0, 0.1) is 11.8 Å². The Kier molecular flexibility index (Phi) is 8.60. The van der Waals surface area contributed by atoms with Crippen molar-refractivity contribution in [3.8, 4) is 0 Å². The van der Waals surface area contributed by atoms with E-state index in [9.17, 15) is 4.79 Å². The summed E-state index contributed by atoms with van der Waals surface area (Å²) in [6.07, 6.45) is 4.43. The number of likely N-dealkylation sites (tertiary alicyclic amines) is 1. The molecule has 0 saturated carbocycles. The maximum absolute atomic E-state index is 12.5. The largest absolute Gasteiger partial charge is 0.342 e. The van der Waals surface area contributed by atoms with Crippen LogP contribution in [0.5, 0.6) is 0 Å². The molecule has 0 aromatic rings. The van der Waals surface area contributed by atoms with Crippen LogP contribution in [0.25, 0.3) is 0 Å². The summed E-state index contributed by atoms with van der Waals surface area (Å²) in [6.45, 7) is 11.9. The molecule has 21 heavy (non-hydrogen) atoms. The number of hydrogen-bond acceptors (Lipinski definition) is 3. The predicted molar refractivity (Wildman–Crippen MR) is 89.9 cm³/mol. The molecule has 1 N–H and O–H groups in total. The number of halogens is 1. The third kappa shape index (κ3) is 5.42. The molecule has 0 aromatic carbocycles. The fourth-order valence-corrected chi connectivity index (χ4v) is 3.51. The summed E-state index contributed by atoms with van der Waals surface area (Å²) in [5.41, 5.74) is 0. The molecular weight excluding hydrogens is 286 g/mol. The summed E-state index contributed by atoms with van der Waals surface area (Å²) in [5, 5.41) is 3.34. The molecule has 0 aliphatic carbocycles. The fourth-order valence-electron chi connectivity index (χ4n) is 3.51. The summed E-state index contributed by atoms with van der Waals surface area (Å²) in [7, 11) is 0. The molecule has 0 aromatic heterocycles. The lowest BCUT2D eigenvalue weighted by Gasteiger charge is -2.36. The van der Waals surface area contributed by atoms with E-state index in [1.165, 1.54) is 19.4 Å². The Balaban J connectivity index is 0.00000220. The molecule has 4 nitrogen and oxygen atoms in total. The summed E-state index contributed by atoms with van der Waals surface area (Å²) >= 11 is 0. The third-order valence-electron chi connectivity index (χ3n) is 5.03. The number of piperidine rings is 2. The first-order chi connectivity index (χ1) is 9.74. The van der Waals surface area contributed by atoms with Crippen molar-refractivity contribution in [3.63, 3.8) is 0 Å². The second kappa shape index (κ2) is 9.65. The van der Waals surface area contributed by atoms with Crippen molar-refractivity contribution in [2.45, 2.75) is 39.5 Å². The van der Waals surface area contributed by atoms with Crippen LogP contribution in [-0.2, 0) is 4.79 Å². The summed E-state index contributed by atoms with van der Waals surface area (Å²) < 4.78 is 0.